The Hall–Kier alpha value is -0.510. The third-order valence-corrected chi connectivity index (χ3v) is 2.64. The molecule has 1 fully saturated rings. The molecule has 0 saturated carbocycles. The molecule has 1 aliphatic rings. The van der Waals surface area contributed by atoms with Crippen LogP contribution in [0.15, 0.2) is 0 Å². The molecule has 2 N–H and O–H groups in total. The fraction of sp³-hybridized carbons (Fsp3) is 0.667. The molecule has 1 amide bonds. The molecule has 1 aliphatic heterocycles. The van der Waals surface area contributed by atoms with E-state index < -0.39 is 0 Å². The lowest BCUT2D eigenvalue weighted by atomic mass is 10.1. The van der Waals surface area contributed by atoms with E-state index in [1.807, 2.05) is 0 Å². The summed E-state index contributed by atoms with van der Waals surface area (Å²) in [6, 6.07) is 0. The van der Waals surface area contributed by atoms with Crippen LogP contribution in [0.25, 0.3) is 0 Å². The van der Waals surface area contributed by atoms with Crippen LogP contribution in [0, 0.1) is 5.92 Å². The van der Waals surface area contributed by atoms with Gasteiger partial charge in [0.15, 0.2) is 5.12 Å². The van der Waals surface area contributed by atoms with Gasteiger partial charge in [-0.3, -0.25) is 9.59 Å². The minimum Gasteiger partial charge on any atom is -0.369 e. The van der Waals surface area contributed by atoms with Crippen LogP contribution in [0.2, 0.25) is 0 Å². The van der Waals surface area contributed by atoms with Crippen LogP contribution < -0.4 is 5.73 Å². The molecule has 0 bridgehead atoms. The molecule has 0 spiro atoms. The molecule has 1 saturated heterocycles. The zero-order chi connectivity index (χ0) is 7.56. The number of carbonyl (C=O) groups excluding carboxylic acids is 2. The molecular formula is C6H9NO2S. The van der Waals surface area contributed by atoms with E-state index >= 15 is 0 Å². The number of hydrogen-bond acceptors (Lipinski definition) is 3. The molecule has 3 nitrogen and oxygen atoms in total. The Morgan fingerprint density at radius 3 is 2.80 bits per heavy atom. The van der Waals surface area contributed by atoms with Crippen molar-refractivity contribution in [2.24, 2.45) is 11.7 Å². The fourth-order valence-electron chi connectivity index (χ4n) is 0.866. The fourth-order valence-corrected chi connectivity index (χ4v) is 1.85. The summed E-state index contributed by atoms with van der Waals surface area (Å²) in [5.41, 5.74) is 5.05. The zero-order valence-corrected chi connectivity index (χ0v) is 6.32. The van der Waals surface area contributed by atoms with Crippen molar-refractivity contribution in [3.8, 4) is 0 Å². The van der Waals surface area contributed by atoms with Gasteiger partial charge < -0.3 is 5.73 Å². The first-order chi connectivity index (χ1) is 4.70. The Morgan fingerprint density at radius 2 is 2.40 bits per heavy atom. The van der Waals surface area contributed by atoms with Crippen molar-refractivity contribution in [2.75, 3.05) is 5.75 Å². The second kappa shape index (κ2) is 3.05. The summed E-state index contributed by atoms with van der Waals surface area (Å²) in [5, 5.41) is 0.178. The number of thioether (sulfide) groups is 1. The van der Waals surface area contributed by atoms with E-state index in [1.54, 1.807) is 0 Å². The van der Waals surface area contributed by atoms with Crippen LogP contribution in [-0.2, 0) is 9.59 Å². The summed E-state index contributed by atoms with van der Waals surface area (Å²) in [4.78, 5) is 21.2. The molecule has 1 unspecified atom stereocenters. The highest BCUT2D eigenvalue weighted by atomic mass is 32.2. The second-order valence-electron chi connectivity index (χ2n) is 2.32. The van der Waals surface area contributed by atoms with Crippen molar-refractivity contribution < 1.29 is 9.59 Å². The van der Waals surface area contributed by atoms with Gasteiger partial charge in [-0.15, -0.1) is 0 Å². The molecule has 4 heteroatoms. The topological polar surface area (TPSA) is 60.2 Å². The number of carbonyl (C=O) groups is 2. The smallest absolute Gasteiger partial charge is 0.221 e. The van der Waals surface area contributed by atoms with Crippen LogP contribution >= 0.6 is 11.8 Å². The Morgan fingerprint density at radius 1 is 1.70 bits per heavy atom. The normalized spacial score (nSPS) is 26.4. The average molecular weight is 159 g/mol. The third-order valence-electron chi connectivity index (χ3n) is 1.54. The number of rotatable bonds is 1. The average Bonchev–Trinajstić information content (AvgIpc) is 1.88. The predicted molar refractivity (Wildman–Crippen MR) is 39.4 cm³/mol. The maximum absolute atomic E-state index is 10.6. The highest BCUT2D eigenvalue weighted by Gasteiger charge is 2.22. The number of nitrogens with two attached hydrogens (primary N) is 1. The van der Waals surface area contributed by atoms with Gasteiger partial charge in [0, 0.05) is 18.1 Å². The van der Waals surface area contributed by atoms with Crippen LogP contribution in [-0.4, -0.2) is 16.8 Å². The minimum absolute atomic E-state index is 0.0808. The van der Waals surface area contributed by atoms with Crippen LogP contribution in [0.3, 0.4) is 0 Å². The van der Waals surface area contributed by atoms with Crippen molar-refractivity contribution in [2.45, 2.75) is 12.8 Å². The van der Waals surface area contributed by atoms with E-state index in [0.29, 0.717) is 18.6 Å². The predicted octanol–water partition coefficient (Wildman–Crippen LogP) is 0.141. The quantitative estimate of drug-likeness (QED) is 0.592. The minimum atomic E-state index is -0.278. The van der Waals surface area contributed by atoms with Gasteiger partial charge in [0.05, 0.1) is 0 Å². The van der Waals surface area contributed by atoms with E-state index in [9.17, 15) is 9.59 Å². The summed E-state index contributed by atoms with van der Waals surface area (Å²) in [7, 11) is 0. The summed E-state index contributed by atoms with van der Waals surface area (Å²) >= 11 is 1.21. The number of hydrogen-bond donors (Lipinski definition) is 1. The Bertz CT molecular complexity index is 159. The highest BCUT2D eigenvalue weighted by Crippen LogP contribution is 2.23. The van der Waals surface area contributed by atoms with Crippen molar-refractivity contribution in [1.29, 1.82) is 0 Å². The van der Waals surface area contributed by atoms with Crippen molar-refractivity contribution in [1.82, 2.24) is 0 Å². The molecular weight excluding hydrogens is 150 g/mol. The standard InChI is InChI=1S/C6H9NO2S/c7-6(9)4-1-2-5(8)10-3-4/h4H,1-3H2,(H2,7,9). The SMILES string of the molecule is NC(=O)C1CCC(=O)SC1. The third kappa shape index (κ3) is 1.73. The van der Waals surface area contributed by atoms with Gasteiger partial charge >= 0.3 is 0 Å². The lowest BCUT2D eigenvalue weighted by molar-refractivity contribution is -0.121. The maximum atomic E-state index is 10.6. The highest BCUT2D eigenvalue weighted by molar-refractivity contribution is 8.13. The Balaban J connectivity index is 2.40. The summed E-state index contributed by atoms with van der Waals surface area (Å²) < 4.78 is 0. The Labute approximate surface area is 63.3 Å². The van der Waals surface area contributed by atoms with E-state index in [4.69, 9.17) is 5.73 Å². The zero-order valence-electron chi connectivity index (χ0n) is 5.50. The molecule has 1 atom stereocenters. The molecule has 56 valence electrons. The van der Waals surface area contributed by atoms with Gasteiger partial charge in [-0.1, -0.05) is 11.8 Å². The van der Waals surface area contributed by atoms with Crippen LogP contribution in [0.1, 0.15) is 12.8 Å². The lowest BCUT2D eigenvalue weighted by Gasteiger charge is -2.16. The van der Waals surface area contributed by atoms with Gasteiger partial charge in [0.2, 0.25) is 5.91 Å². The number of primary amides is 1. The first-order valence-corrected chi connectivity index (χ1v) is 4.13. The molecule has 0 aromatic rings. The molecule has 0 aliphatic carbocycles. The van der Waals surface area contributed by atoms with Crippen molar-refractivity contribution in [3.05, 3.63) is 0 Å². The molecule has 1 heterocycles. The number of amides is 1. The first-order valence-electron chi connectivity index (χ1n) is 3.15. The van der Waals surface area contributed by atoms with Crippen molar-refractivity contribution >= 4 is 22.8 Å². The van der Waals surface area contributed by atoms with Gasteiger partial charge in [-0.05, 0) is 6.42 Å². The van der Waals surface area contributed by atoms with E-state index in [1.165, 1.54) is 11.8 Å². The van der Waals surface area contributed by atoms with Gasteiger partial charge in [0.25, 0.3) is 0 Å². The van der Waals surface area contributed by atoms with Crippen LogP contribution in [0.5, 0.6) is 0 Å². The van der Waals surface area contributed by atoms with Gasteiger partial charge in [0.1, 0.15) is 0 Å². The molecule has 10 heavy (non-hydrogen) atoms. The molecule has 0 radical (unpaired) electrons. The van der Waals surface area contributed by atoms with Gasteiger partial charge in [-0.2, -0.15) is 0 Å². The van der Waals surface area contributed by atoms with E-state index in [0.717, 1.165) is 0 Å². The van der Waals surface area contributed by atoms with E-state index in [-0.39, 0.29) is 16.9 Å². The van der Waals surface area contributed by atoms with Crippen molar-refractivity contribution in [3.63, 3.8) is 0 Å². The van der Waals surface area contributed by atoms with E-state index in [2.05, 4.69) is 0 Å². The first kappa shape index (κ1) is 7.60. The summed E-state index contributed by atoms with van der Waals surface area (Å²) in [6.07, 6.45) is 1.14. The largest absolute Gasteiger partial charge is 0.369 e. The van der Waals surface area contributed by atoms with Crippen LogP contribution in [0.4, 0.5) is 0 Å². The summed E-state index contributed by atoms with van der Waals surface area (Å²) in [5.74, 6) is 0.219. The maximum Gasteiger partial charge on any atom is 0.221 e. The Kier molecular flexibility index (Phi) is 2.32. The summed E-state index contributed by atoms with van der Waals surface area (Å²) in [6.45, 7) is 0. The molecule has 0 aromatic carbocycles. The lowest BCUT2D eigenvalue weighted by Crippen LogP contribution is -2.28. The second-order valence-corrected chi connectivity index (χ2v) is 3.40. The molecule has 1 rings (SSSR count). The molecule has 0 aromatic heterocycles. The monoisotopic (exact) mass is 159 g/mol. The van der Waals surface area contributed by atoms with Gasteiger partial charge in [-0.25, -0.2) is 0 Å².